The number of aromatic nitrogens is 1. The smallest absolute Gasteiger partial charge is 0.249 e. The molecule has 1 aromatic heterocycles. The molecular weight excluding hydrogens is 370 g/mol. The van der Waals surface area contributed by atoms with Crippen LogP contribution in [0.3, 0.4) is 0 Å². The standard InChI is InChI=1S/C22H25N3O4/c26-20-14-29-13-19(25(20)12-18-6-1-2-11-23-18)21(27)15-7-9-17(10-8-15)24-22(28)16-4-3-5-16/h1-2,6-11,16,19,21,27H,3-5,12-14H2,(H,24,28)/t19-,21-/m1/s1. The summed E-state index contributed by atoms with van der Waals surface area (Å²) >= 11 is 0. The van der Waals surface area contributed by atoms with Crippen LogP contribution < -0.4 is 5.32 Å². The first-order chi connectivity index (χ1) is 14.1. The van der Waals surface area contributed by atoms with Crippen molar-refractivity contribution < 1.29 is 19.4 Å². The number of aliphatic hydroxyl groups excluding tert-OH is 1. The number of hydrogen-bond acceptors (Lipinski definition) is 5. The number of carbonyl (C=O) groups is 2. The first-order valence-electron chi connectivity index (χ1n) is 9.98. The van der Waals surface area contributed by atoms with E-state index in [0.717, 1.165) is 25.0 Å². The minimum atomic E-state index is -0.903. The van der Waals surface area contributed by atoms with E-state index in [2.05, 4.69) is 10.3 Å². The van der Waals surface area contributed by atoms with Crippen LogP contribution in [0.25, 0.3) is 0 Å². The van der Waals surface area contributed by atoms with Gasteiger partial charge in [-0.2, -0.15) is 0 Å². The number of anilines is 1. The molecule has 2 N–H and O–H groups in total. The SMILES string of the molecule is O=C(Nc1ccc([C@@H](O)[C@H]2COCC(=O)N2Cc2ccccn2)cc1)C1CCC1. The van der Waals surface area contributed by atoms with Crippen molar-refractivity contribution in [1.29, 1.82) is 0 Å². The summed E-state index contributed by atoms with van der Waals surface area (Å²) in [7, 11) is 0. The van der Waals surface area contributed by atoms with Gasteiger partial charge < -0.3 is 20.1 Å². The molecule has 152 valence electrons. The summed E-state index contributed by atoms with van der Waals surface area (Å²) in [6, 6.07) is 12.2. The highest BCUT2D eigenvalue weighted by atomic mass is 16.5. The summed E-state index contributed by atoms with van der Waals surface area (Å²) in [5, 5.41) is 13.9. The molecule has 2 aliphatic rings. The van der Waals surface area contributed by atoms with Gasteiger partial charge in [-0.1, -0.05) is 24.6 Å². The van der Waals surface area contributed by atoms with Crippen LogP contribution in [-0.4, -0.2) is 46.1 Å². The number of benzene rings is 1. The van der Waals surface area contributed by atoms with Gasteiger partial charge in [-0.15, -0.1) is 0 Å². The normalized spacial score (nSPS) is 20.8. The van der Waals surface area contributed by atoms with Crippen LogP contribution in [0, 0.1) is 5.92 Å². The van der Waals surface area contributed by atoms with E-state index in [4.69, 9.17) is 4.74 Å². The van der Waals surface area contributed by atoms with Crippen LogP contribution in [0.1, 0.15) is 36.6 Å². The molecule has 2 fully saturated rings. The highest BCUT2D eigenvalue weighted by Gasteiger charge is 2.35. The van der Waals surface area contributed by atoms with Gasteiger partial charge in [-0.25, -0.2) is 0 Å². The van der Waals surface area contributed by atoms with Crippen molar-refractivity contribution in [2.45, 2.75) is 38.0 Å². The highest BCUT2D eigenvalue weighted by Crippen LogP contribution is 2.29. The van der Waals surface area contributed by atoms with Crippen molar-refractivity contribution >= 4 is 17.5 Å². The minimum Gasteiger partial charge on any atom is -0.386 e. The molecule has 0 unspecified atom stereocenters. The van der Waals surface area contributed by atoms with Gasteiger partial charge in [0.15, 0.2) is 0 Å². The Hall–Kier alpha value is -2.77. The molecule has 7 nitrogen and oxygen atoms in total. The number of hydrogen-bond donors (Lipinski definition) is 2. The molecule has 1 saturated carbocycles. The van der Waals surface area contributed by atoms with Crippen molar-refractivity contribution in [2.75, 3.05) is 18.5 Å². The first kappa shape index (κ1) is 19.5. The number of nitrogens with one attached hydrogen (secondary N) is 1. The van der Waals surface area contributed by atoms with E-state index >= 15 is 0 Å². The molecule has 2 heterocycles. The number of rotatable bonds is 6. The maximum Gasteiger partial charge on any atom is 0.249 e. The van der Waals surface area contributed by atoms with Crippen molar-refractivity contribution in [1.82, 2.24) is 9.88 Å². The fourth-order valence-corrected chi connectivity index (χ4v) is 3.66. The Morgan fingerprint density at radius 3 is 2.69 bits per heavy atom. The monoisotopic (exact) mass is 395 g/mol. The van der Waals surface area contributed by atoms with E-state index in [-0.39, 0.29) is 30.9 Å². The van der Waals surface area contributed by atoms with Gasteiger partial charge in [-0.05, 0) is 42.7 Å². The van der Waals surface area contributed by atoms with E-state index in [1.807, 2.05) is 18.2 Å². The summed E-state index contributed by atoms with van der Waals surface area (Å²) in [6.07, 6.45) is 3.79. The maximum atomic E-state index is 12.4. The largest absolute Gasteiger partial charge is 0.386 e. The number of nitrogens with zero attached hydrogens (tertiary/aromatic N) is 2. The molecule has 1 saturated heterocycles. The number of morpholine rings is 1. The fraction of sp³-hybridized carbons (Fsp3) is 0.409. The highest BCUT2D eigenvalue weighted by molar-refractivity contribution is 5.93. The van der Waals surface area contributed by atoms with Crippen LogP contribution in [0.5, 0.6) is 0 Å². The van der Waals surface area contributed by atoms with Crippen LogP contribution in [-0.2, 0) is 20.9 Å². The zero-order chi connectivity index (χ0) is 20.2. The summed E-state index contributed by atoms with van der Waals surface area (Å²) < 4.78 is 5.40. The van der Waals surface area contributed by atoms with Gasteiger partial charge in [0.1, 0.15) is 12.7 Å². The lowest BCUT2D eigenvalue weighted by Crippen LogP contribution is -2.51. The average Bonchev–Trinajstić information content (AvgIpc) is 2.69. The molecule has 2 amide bonds. The number of aliphatic hydroxyl groups is 1. The molecule has 1 aliphatic heterocycles. The fourth-order valence-electron chi connectivity index (χ4n) is 3.66. The first-order valence-corrected chi connectivity index (χ1v) is 9.98. The number of amides is 2. The zero-order valence-electron chi connectivity index (χ0n) is 16.2. The summed E-state index contributed by atoms with van der Waals surface area (Å²) in [5.41, 5.74) is 2.13. The second-order valence-electron chi connectivity index (χ2n) is 7.61. The van der Waals surface area contributed by atoms with Crippen molar-refractivity contribution in [2.24, 2.45) is 5.92 Å². The average molecular weight is 395 g/mol. The Morgan fingerprint density at radius 2 is 2.03 bits per heavy atom. The summed E-state index contributed by atoms with van der Waals surface area (Å²) in [5.74, 6) is -0.00137. The predicted molar refractivity (Wildman–Crippen MR) is 107 cm³/mol. The molecule has 7 heteroatoms. The van der Waals surface area contributed by atoms with Gasteiger partial charge in [0.2, 0.25) is 11.8 Å². The molecule has 0 radical (unpaired) electrons. The third kappa shape index (κ3) is 4.46. The molecule has 1 aromatic carbocycles. The second-order valence-corrected chi connectivity index (χ2v) is 7.61. The number of ether oxygens (including phenoxy) is 1. The van der Waals surface area contributed by atoms with Gasteiger partial charge in [0.25, 0.3) is 0 Å². The molecule has 0 bridgehead atoms. The van der Waals surface area contributed by atoms with Gasteiger partial charge in [0, 0.05) is 17.8 Å². The second kappa shape index (κ2) is 8.71. The zero-order valence-corrected chi connectivity index (χ0v) is 16.2. The molecule has 29 heavy (non-hydrogen) atoms. The Morgan fingerprint density at radius 1 is 1.24 bits per heavy atom. The van der Waals surface area contributed by atoms with Crippen molar-refractivity contribution in [3.63, 3.8) is 0 Å². The third-order valence-electron chi connectivity index (χ3n) is 5.65. The van der Waals surface area contributed by atoms with Gasteiger partial charge in [-0.3, -0.25) is 14.6 Å². The van der Waals surface area contributed by atoms with Crippen LogP contribution in [0.4, 0.5) is 5.69 Å². The van der Waals surface area contributed by atoms with Gasteiger partial charge >= 0.3 is 0 Å². The predicted octanol–water partition coefficient (Wildman–Crippen LogP) is 2.28. The van der Waals surface area contributed by atoms with Crippen LogP contribution in [0.15, 0.2) is 48.7 Å². The quantitative estimate of drug-likeness (QED) is 0.783. The Kier molecular flexibility index (Phi) is 5.87. The van der Waals surface area contributed by atoms with Gasteiger partial charge in [0.05, 0.1) is 24.9 Å². The van der Waals surface area contributed by atoms with E-state index in [9.17, 15) is 14.7 Å². The summed E-state index contributed by atoms with van der Waals surface area (Å²) in [4.78, 5) is 30.4. The van der Waals surface area contributed by atoms with Crippen LogP contribution >= 0.6 is 0 Å². The van der Waals surface area contributed by atoms with E-state index in [1.165, 1.54) is 0 Å². The molecule has 0 spiro atoms. The lowest BCUT2D eigenvalue weighted by Gasteiger charge is -2.38. The maximum absolute atomic E-state index is 12.4. The van der Waals surface area contributed by atoms with Crippen LogP contribution in [0.2, 0.25) is 0 Å². The lowest BCUT2D eigenvalue weighted by molar-refractivity contribution is -0.155. The molecule has 2 aromatic rings. The molecule has 1 aliphatic carbocycles. The van der Waals surface area contributed by atoms with E-state index in [0.29, 0.717) is 17.8 Å². The van der Waals surface area contributed by atoms with Crippen molar-refractivity contribution in [3.05, 3.63) is 59.9 Å². The van der Waals surface area contributed by atoms with Crippen molar-refractivity contribution in [3.8, 4) is 0 Å². The molecule has 4 rings (SSSR count). The Balaban J connectivity index is 1.45. The lowest BCUT2D eigenvalue weighted by atomic mass is 9.85. The topological polar surface area (TPSA) is 91.8 Å². The third-order valence-corrected chi connectivity index (χ3v) is 5.65. The summed E-state index contributed by atoms with van der Waals surface area (Å²) in [6.45, 7) is 0.572. The number of carbonyl (C=O) groups excluding carboxylic acids is 2. The van der Waals surface area contributed by atoms with E-state index < -0.39 is 12.1 Å². The number of pyridine rings is 1. The Labute approximate surface area is 169 Å². The molecular formula is C22H25N3O4. The molecule has 2 atom stereocenters. The minimum absolute atomic E-state index is 0.00217. The Bertz CT molecular complexity index is 852. The van der Waals surface area contributed by atoms with E-state index in [1.54, 1.807) is 35.4 Å².